The lowest BCUT2D eigenvalue weighted by Crippen LogP contribution is -2.56. The second-order valence-electron chi connectivity index (χ2n) is 8.66. The molecule has 0 radical (unpaired) electrons. The van der Waals surface area contributed by atoms with Gasteiger partial charge in [-0.3, -0.25) is 25.0 Å². The van der Waals surface area contributed by atoms with E-state index in [1.165, 1.54) is 0 Å². The van der Waals surface area contributed by atoms with E-state index in [1.54, 1.807) is 31.0 Å². The molecule has 1 saturated heterocycles. The van der Waals surface area contributed by atoms with Gasteiger partial charge < -0.3 is 15.6 Å². The van der Waals surface area contributed by atoms with Crippen molar-refractivity contribution in [2.75, 3.05) is 18.0 Å². The molecule has 0 saturated carbocycles. The molecule has 170 valence electrons. The first kappa shape index (κ1) is 19.7. The molecule has 0 bridgehead atoms. The predicted molar refractivity (Wildman–Crippen MR) is 133 cm³/mol. The zero-order valence-electron chi connectivity index (χ0n) is 18.6. The monoisotopic (exact) mass is 460 g/mol. The summed E-state index contributed by atoms with van der Waals surface area (Å²) in [5.74, 6) is 0.810. The quantitative estimate of drug-likeness (QED) is 0.365. The van der Waals surface area contributed by atoms with Gasteiger partial charge in [0.15, 0.2) is 0 Å². The van der Waals surface area contributed by atoms with E-state index in [9.17, 15) is 0 Å². The zero-order valence-corrected chi connectivity index (χ0v) is 18.6. The lowest BCUT2D eigenvalue weighted by molar-refractivity contribution is 0.514. The summed E-state index contributed by atoms with van der Waals surface area (Å²) in [6, 6.07) is 10.1. The van der Waals surface area contributed by atoms with Gasteiger partial charge in [-0.1, -0.05) is 0 Å². The Morgan fingerprint density at radius 2 is 1.77 bits per heavy atom. The number of hydrogen-bond donors (Lipinski definition) is 3. The Bertz CT molecular complexity index is 1680. The first-order valence-electron chi connectivity index (χ1n) is 11.3. The molecule has 1 fully saturated rings. The maximum Gasteiger partial charge on any atom is 0.147 e. The van der Waals surface area contributed by atoms with E-state index in [1.807, 2.05) is 30.5 Å². The molecule has 10 heteroatoms. The van der Waals surface area contributed by atoms with Crippen LogP contribution in [0, 0.1) is 0 Å². The van der Waals surface area contributed by atoms with Crippen LogP contribution in [0.25, 0.3) is 55.8 Å². The summed E-state index contributed by atoms with van der Waals surface area (Å²) < 4.78 is 0. The molecule has 7 heterocycles. The number of H-pyrrole nitrogens is 2. The van der Waals surface area contributed by atoms with Gasteiger partial charge in [-0.15, -0.1) is 0 Å². The molecule has 4 N–H and O–H groups in total. The average Bonchev–Trinajstić information content (AvgIpc) is 3.51. The highest BCUT2D eigenvalue weighted by Crippen LogP contribution is 2.33. The maximum atomic E-state index is 5.93. The van der Waals surface area contributed by atoms with E-state index < -0.39 is 0 Å². The standard InChI is InChI=1S/C25H20N10/c26-15-12-35(13-15)23-11-28-9-22(32-23)19-6-17-21(10-30-19)33-34-25(17)20-7-16-18(31-20)3-5-29-24(16)14-2-1-4-27-8-14/h1-11,15,31H,12-13,26H2,(H,33,34). The van der Waals surface area contributed by atoms with Gasteiger partial charge >= 0.3 is 0 Å². The molecule has 7 rings (SSSR count). The van der Waals surface area contributed by atoms with Crippen molar-refractivity contribution in [1.29, 1.82) is 0 Å². The summed E-state index contributed by atoms with van der Waals surface area (Å²) in [6.45, 7) is 1.57. The molecule has 35 heavy (non-hydrogen) atoms. The molecule has 6 aromatic rings. The van der Waals surface area contributed by atoms with Crippen LogP contribution in [0.4, 0.5) is 5.82 Å². The summed E-state index contributed by atoms with van der Waals surface area (Å²) in [4.78, 5) is 28.2. The van der Waals surface area contributed by atoms with Crippen LogP contribution in [0.5, 0.6) is 0 Å². The SMILES string of the molecule is NC1CN(c2cncc(-c3cc4c(-c5cc6c(-c7cccnc7)nccc6[nH]5)n[nH]c4cn3)n2)C1. The van der Waals surface area contributed by atoms with Crippen LogP contribution in [0.2, 0.25) is 0 Å². The summed E-state index contributed by atoms with van der Waals surface area (Å²) >= 11 is 0. The van der Waals surface area contributed by atoms with Crippen molar-refractivity contribution in [3.63, 3.8) is 0 Å². The number of aromatic nitrogens is 8. The normalized spacial score (nSPS) is 14.0. The van der Waals surface area contributed by atoms with Crippen LogP contribution in [-0.2, 0) is 0 Å². The lowest BCUT2D eigenvalue weighted by Gasteiger charge is -2.37. The Kier molecular flexibility index (Phi) is 4.33. The second-order valence-corrected chi connectivity index (χ2v) is 8.66. The van der Waals surface area contributed by atoms with E-state index in [0.717, 1.165) is 69.1 Å². The number of pyridine rings is 3. The van der Waals surface area contributed by atoms with Crippen molar-refractivity contribution in [1.82, 2.24) is 40.1 Å². The first-order chi connectivity index (χ1) is 17.2. The Labute approximate surface area is 199 Å². The maximum absolute atomic E-state index is 5.93. The molecule has 6 aromatic heterocycles. The second kappa shape index (κ2) is 7.67. The largest absolute Gasteiger partial charge is 0.353 e. The first-order valence-corrected chi connectivity index (χ1v) is 11.3. The Morgan fingerprint density at radius 3 is 2.63 bits per heavy atom. The zero-order chi connectivity index (χ0) is 23.4. The van der Waals surface area contributed by atoms with Crippen molar-refractivity contribution in [2.45, 2.75) is 6.04 Å². The summed E-state index contributed by atoms with van der Waals surface area (Å²) in [7, 11) is 0. The number of fused-ring (bicyclic) bond motifs is 2. The highest BCUT2D eigenvalue weighted by molar-refractivity contribution is 6.00. The third-order valence-corrected chi connectivity index (χ3v) is 6.30. The van der Waals surface area contributed by atoms with Crippen molar-refractivity contribution >= 4 is 27.6 Å². The van der Waals surface area contributed by atoms with Gasteiger partial charge in [0.05, 0.1) is 41.2 Å². The minimum absolute atomic E-state index is 0.189. The van der Waals surface area contributed by atoms with Gasteiger partial charge in [-0.25, -0.2) is 4.98 Å². The Balaban J connectivity index is 1.31. The summed E-state index contributed by atoms with van der Waals surface area (Å²) in [6.07, 6.45) is 10.6. The molecule has 0 spiro atoms. The molecule has 0 atom stereocenters. The highest BCUT2D eigenvalue weighted by Gasteiger charge is 2.25. The van der Waals surface area contributed by atoms with Crippen LogP contribution in [0.15, 0.2) is 67.5 Å². The van der Waals surface area contributed by atoms with Crippen LogP contribution < -0.4 is 10.6 Å². The number of hydrogen-bond acceptors (Lipinski definition) is 8. The third-order valence-electron chi connectivity index (χ3n) is 6.30. The van der Waals surface area contributed by atoms with Crippen molar-refractivity contribution in [3.8, 4) is 34.0 Å². The molecule has 1 aliphatic heterocycles. The van der Waals surface area contributed by atoms with E-state index in [-0.39, 0.29) is 6.04 Å². The fourth-order valence-corrected chi connectivity index (χ4v) is 4.51. The molecule has 0 amide bonds. The number of nitrogens with one attached hydrogen (secondary N) is 2. The molecular weight excluding hydrogens is 440 g/mol. The Morgan fingerprint density at radius 1 is 0.857 bits per heavy atom. The number of aromatic amines is 2. The smallest absolute Gasteiger partial charge is 0.147 e. The molecule has 0 unspecified atom stereocenters. The fourth-order valence-electron chi connectivity index (χ4n) is 4.51. The van der Waals surface area contributed by atoms with Gasteiger partial charge in [-0.2, -0.15) is 5.10 Å². The van der Waals surface area contributed by atoms with Gasteiger partial charge in [0.1, 0.15) is 17.2 Å². The highest BCUT2D eigenvalue weighted by atomic mass is 15.3. The van der Waals surface area contributed by atoms with Crippen molar-refractivity contribution < 1.29 is 0 Å². The van der Waals surface area contributed by atoms with Crippen LogP contribution in [0.1, 0.15) is 0 Å². The molecular formula is C25H20N10. The predicted octanol–water partition coefficient (Wildman–Crippen LogP) is 3.17. The van der Waals surface area contributed by atoms with Crippen molar-refractivity contribution in [2.24, 2.45) is 5.73 Å². The van der Waals surface area contributed by atoms with E-state index >= 15 is 0 Å². The fraction of sp³-hybridized carbons (Fsp3) is 0.120. The molecule has 1 aliphatic rings. The van der Waals surface area contributed by atoms with Gasteiger partial charge in [0.25, 0.3) is 0 Å². The van der Waals surface area contributed by atoms with Gasteiger partial charge in [0.2, 0.25) is 0 Å². The van der Waals surface area contributed by atoms with E-state index in [2.05, 4.69) is 46.1 Å². The topological polar surface area (TPSA) is 138 Å². The molecule has 0 aliphatic carbocycles. The van der Waals surface area contributed by atoms with Crippen LogP contribution >= 0.6 is 0 Å². The summed E-state index contributed by atoms with van der Waals surface area (Å²) in [5, 5.41) is 9.63. The van der Waals surface area contributed by atoms with Crippen LogP contribution in [0.3, 0.4) is 0 Å². The Hall–Kier alpha value is -4.70. The van der Waals surface area contributed by atoms with Crippen molar-refractivity contribution in [3.05, 3.63) is 67.5 Å². The van der Waals surface area contributed by atoms with Crippen LogP contribution in [-0.4, -0.2) is 59.2 Å². The average molecular weight is 461 g/mol. The number of rotatable bonds is 4. The molecule has 10 nitrogen and oxygen atoms in total. The van der Waals surface area contributed by atoms with E-state index in [4.69, 9.17) is 10.7 Å². The third kappa shape index (κ3) is 3.30. The summed E-state index contributed by atoms with van der Waals surface area (Å²) in [5.41, 5.74) is 12.7. The number of nitrogens with two attached hydrogens (primary N) is 1. The molecule has 0 aromatic carbocycles. The minimum Gasteiger partial charge on any atom is -0.353 e. The number of anilines is 1. The van der Waals surface area contributed by atoms with Gasteiger partial charge in [-0.05, 0) is 30.3 Å². The lowest BCUT2D eigenvalue weighted by atomic mass is 10.1. The van der Waals surface area contributed by atoms with E-state index in [0.29, 0.717) is 5.69 Å². The minimum atomic E-state index is 0.189. The van der Waals surface area contributed by atoms with Gasteiger partial charge in [0, 0.05) is 59.6 Å². The number of nitrogens with zero attached hydrogens (tertiary/aromatic N) is 7.